The van der Waals surface area contributed by atoms with E-state index in [1.54, 1.807) is 4.90 Å². The third-order valence-electron chi connectivity index (χ3n) is 3.14. The maximum Gasteiger partial charge on any atom is 0.330 e. The topological polar surface area (TPSA) is 104 Å². The molecule has 2 heterocycles. The predicted molar refractivity (Wildman–Crippen MR) is 68.9 cm³/mol. The van der Waals surface area contributed by atoms with Gasteiger partial charge in [-0.15, -0.1) is 0 Å². The molecule has 1 aliphatic heterocycles. The highest BCUT2D eigenvalue weighted by atomic mass is 16.3. The number of nitrogens with two attached hydrogens (primary N) is 1. The van der Waals surface area contributed by atoms with Gasteiger partial charge in [0.05, 0.1) is 6.10 Å². The summed E-state index contributed by atoms with van der Waals surface area (Å²) in [6.45, 7) is 3.33. The molecule has 0 saturated carbocycles. The molecule has 2 rings (SSSR count). The molecule has 0 amide bonds. The summed E-state index contributed by atoms with van der Waals surface area (Å²) in [6.07, 6.45) is 0.902. The van der Waals surface area contributed by atoms with Gasteiger partial charge in [0.25, 0.3) is 5.56 Å². The van der Waals surface area contributed by atoms with E-state index in [4.69, 9.17) is 5.73 Å². The number of nitrogens with one attached hydrogen (secondary N) is 1. The summed E-state index contributed by atoms with van der Waals surface area (Å²) < 4.78 is 1.36. The Bertz CT molecular complexity index is 548. The number of aromatic amines is 1. The molecule has 0 bridgehead atoms. The van der Waals surface area contributed by atoms with Crippen LogP contribution in [0.5, 0.6) is 0 Å². The van der Waals surface area contributed by atoms with E-state index in [9.17, 15) is 14.7 Å². The molecule has 1 fully saturated rings. The lowest BCUT2D eigenvalue weighted by atomic mass is 10.3. The minimum absolute atomic E-state index is 0.180. The van der Waals surface area contributed by atoms with Crippen LogP contribution in [0.4, 0.5) is 11.5 Å². The Kier molecular flexibility index (Phi) is 3.42. The zero-order valence-corrected chi connectivity index (χ0v) is 10.3. The lowest BCUT2D eigenvalue weighted by Crippen LogP contribution is -2.38. The van der Waals surface area contributed by atoms with Crippen LogP contribution in [0.25, 0.3) is 0 Å². The molecule has 0 spiro atoms. The maximum atomic E-state index is 11.8. The van der Waals surface area contributed by atoms with Gasteiger partial charge in [-0.2, -0.15) is 0 Å². The molecular formula is C11H18N4O3. The van der Waals surface area contributed by atoms with Crippen LogP contribution in [0.3, 0.4) is 0 Å². The maximum absolute atomic E-state index is 11.8. The van der Waals surface area contributed by atoms with Crippen LogP contribution in [0.1, 0.15) is 19.8 Å². The summed E-state index contributed by atoms with van der Waals surface area (Å²) in [5.41, 5.74) is 5.24. The predicted octanol–water partition coefficient (Wildman–Crippen LogP) is -0.900. The molecule has 1 saturated heterocycles. The third-order valence-corrected chi connectivity index (χ3v) is 3.14. The average molecular weight is 254 g/mol. The number of aliphatic hydroxyl groups is 1. The Morgan fingerprint density at radius 1 is 1.50 bits per heavy atom. The molecule has 1 atom stereocenters. The standard InChI is InChI=1S/C11H18N4O3/c1-2-4-15-9(12)8(10(17)13-11(15)18)14-5-3-7(16)6-14/h7,16H,2-6,12H2,1H3,(H,13,17,18). The second kappa shape index (κ2) is 4.85. The Morgan fingerprint density at radius 3 is 2.78 bits per heavy atom. The lowest BCUT2D eigenvalue weighted by molar-refractivity contribution is 0.198. The van der Waals surface area contributed by atoms with E-state index in [0.717, 1.165) is 6.42 Å². The summed E-state index contributed by atoms with van der Waals surface area (Å²) in [6, 6.07) is 0. The summed E-state index contributed by atoms with van der Waals surface area (Å²) in [5.74, 6) is 0.180. The number of rotatable bonds is 3. The number of aliphatic hydroxyl groups excluding tert-OH is 1. The van der Waals surface area contributed by atoms with Crippen LogP contribution < -0.4 is 21.9 Å². The van der Waals surface area contributed by atoms with Crippen LogP contribution in [0, 0.1) is 0 Å². The molecule has 1 aromatic rings. The van der Waals surface area contributed by atoms with Crippen molar-refractivity contribution in [2.75, 3.05) is 23.7 Å². The van der Waals surface area contributed by atoms with Gasteiger partial charge < -0.3 is 15.7 Å². The molecule has 1 unspecified atom stereocenters. The first kappa shape index (κ1) is 12.7. The molecule has 100 valence electrons. The van der Waals surface area contributed by atoms with Crippen molar-refractivity contribution in [2.45, 2.75) is 32.4 Å². The molecule has 1 aliphatic rings. The average Bonchev–Trinajstić information content (AvgIpc) is 2.70. The van der Waals surface area contributed by atoms with Crippen LogP contribution in [-0.4, -0.2) is 33.9 Å². The lowest BCUT2D eigenvalue weighted by Gasteiger charge is -2.20. The van der Waals surface area contributed by atoms with Gasteiger partial charge in [0.1, 0.15) is 11.5 Å². The second-order valence-corrected chi connectivity index (χ2v) is 4.53. The fourth-order valence-corrected chi connectivity index (χ4v) is 2.27. The van der Waals surface area contributed by atoms with Crippen LogP contribution in [0.2, 0.25) is 0 Å². The van der Waals surface area contributed by atoms with E-state index in [1.807, 2.05) is 6.92 Å². The highest BCUT2D eigenvalue weighted by molar-refractivity contribution is 5.63. The van der Waals surface area contributed by atoms with Gasteiger partial charge in [0, 0.05) is 19.6 Å². The number of nitrogens with zero attached hydrogens (tertiary/aromatic N) is 2. The number of hydrogen-bond donors (Lipinski definition) is 3. The van der Waals surface area contributed by atoms with E-state index in [-0.39, 0.29) is 5.82 Å². The van der Waals surface area contributed by atoms with Gasteiger partial charge >= 0.3 is 5.69 Å². The number of H-pyrrole nitrogens is 1. The van der Waals surface area contributed by atoms with Crippen molar-refractivity contribution in [3.63, 3.8) is 0 Å². The number of anilines is 2. The summed E-state index contributed by atoms with van der Waals surface area (Å²) in [4.78, 5) is 27.5. The molecule has 0 aliphatic carbocycles. The van der Waals surface area contributed by atoms with Crippen LogP contribution >= 0.6 is 0 Å². The molecular weight excluding hydrogens is 236 g/mol. The highest BCUT2D eigenvalue weighted by Crippen LogP contribution is 2.21. The summed E-state index contributed by atoms with van der Waals surface area (Å²) >= 11 is 0. The molecule has 18 heavy (non-hydrogen) atoms. The fraction of sp³-hybridized carbons (Fsp3) is 0.636. The van der Waals surface area contributed by atoms with Crippen molar-refractivity contribution >= 4 is 11.5 Å². The Morgan fingerprint density at radius 2 is 2.22 bits per heavy atom. The van der Waals surface area contributed by atoms with Crippen molar-refractivity contribution in [3.8, 4) is 0 Å². The zero-order chi connectivity index (χ0) is 13.3. The third kappa shape index (κ3) is 2.13. The molecule has 7 heteroatoms. The van der Waals surface area contributed by atoms with Gasteiger partial charge in [-0.25, -0.2) is 4.79 Å². The molecule has 4 N–H and O–H groups in total. The number of hydrogen-bond acceptors (Lipinski definition) is 5. The smallest absolute Gasteiger partial charge is 0.330 e. The van der Waals surface area contributed by atoms with Crippen molar-refractivity contribution < 1.29 is 5.11 Å². The van der Waals surface area contributed by atoms with E-state index >= 15 is 0 Å². The molecule has 7 nitrogen and oxygen atoms in total. The van der Waals surface area contributed by atoms with E-state index in [0.29, 0.717) is 31.7 Å². The van der Waals surface area contributed by atoms with Crippen LogP contribution in [-0.2, 0) is 6.54 Å². The van der Waals surface area contributed by atoms with Crippen molar-refractivity contribution in [3.05, 3.63) is 20.8 Å². The highest BCUT2D eigenvalue weighted by Gasteiger charge is 2.25. The van der Waals surface area contributed by atoms with Gasteiger partial charge in [0.15, 0.2) is 0 Å². The summed E-state index contributed by atoms with van der Waals surface area (Å²) in [5, 5.41) is 9.51. The SMILES string of the molecule is CCCn1c(N)c(N2CCC(O)C2)c(=O)[nH]c1=O. The Labute approximate surface area is 104 Å². The normalized spacial score (nSPS) is 19.4. The van der Waals surface area contributed by atoms with E-state index in [1.165, 1.54) is 4.57 Å². The van der Waals surface area contributed by atoms with Crippen molar-refractivity contribution in [1.29, 1.82) is 0 Å². The first-order valence-electron chi connectivity index (χ1n) is 6.10. The first-order valence-corrected chi connectivity index (χ1v) is 6.10. The molecule has 0 aromatic carbocycles. The minimum atomic E-state index is -0.487. The number of aromatic nitrogens is 2. The van der Waals surface area contributed by atoms with E-state index < -0.39 is 17.4 Å². The van der Waals surface area contributed by atoms with Crippen LogP contribution in [0.15, 0.2) is 9.59 Å². The monoisotopic (exact) mass is 254 g/mol. The van der Waals surface area contributed by atoms with Gasteiger partial charge in [-0.1, -0.05) is 6.92 Å². The number of nitrogen functional groups attached to an aromatic ring is 1. The van der Waals surface area contributed by atoms with Crippen molar-refractivity contribution in [1.82, 2.24) is 9.55 Å². The zero-order valence-electron chi connectivity index (χ0n) is 10.3. The Balaban J connectivity index is 2.50. The number of β-amino-alcohol motifs (C(OH)–C–C–N with tert-alkyl or cyclic N) is 1. The molecule has 1 aromatic heterocycles. The van der Waals surface area contributed by atoms with Gasteiger partial charge in [-0.3, -0.25) is 14.3 Å². The van der Waals surface area contributed by atoms with Gasteiger partial charge in [-0.05, 0) is 12.8 Å². The fourth-order valence-electron chi connectivity index (χ4n) is 2.27. The first-order chi connectivity index (χ1) is 8.54. The quantitative estimate of drug-likeness (QED) is 0.648. The van der Waals surface area contributed by atoms with Crippen molar-refractivity contribution in [2.24, 2.45) is 0 Å². The summed E-state index contributed by atoms with van der Waals surface area (Å²) in [7, 11) is 0. The second-order valence-electron chi connectivity index (χ2n) is 4.53. The molecule has 0 radical (unpaired) electrons. The largest absolute Gasteiger partial charge is 0.391 e. The van der Waals surface area contributed by atoms with Gasteiger partial charge in [0.2, 0.25) is 0 Å². The minimum Gasteiger partial charge on any atom is -0.391 e. The Hall–Kier alpha value is -1.76. The van der Waals surface area contributed by atoms with E-state index in [2.05, 4.69) is 4.98 Å².